The molecule has 3 N–H and O–H groups in total. The molecule has 0 radical (unpaired) electrons. The van der Waals surface area contributed by atoms with Crippen molar-refractivity contribution in [2.24, 2.45) is 0 Å². The van der Waals surface area contributed by atoms with Gasteiger partial charge < -0.3 is 20.7 Å². The molecule has 166 valence electrons. The van der Waals surface area contributed by atoms with Gasteiger partial charge in [0.15, 0.2) is 0 Å². The van der Waals surface area contributed by atoms with Crippen LogP contribution >= 0.6 is 11.3 Å². The number of thiophene rings is 1. The van der Waals surface area contributed by atoms with E-state index >= 15 is 0 Å². The zero-order valence-corrected chi connectivity index (χ0v) is 19.2. The summed E-state index contributed by atoms with van der Waals surface area (Å²) < 4.78 is 5.91. The summed E-state index contributed by atoms with van der Waals surface area (Å²) in [6.07, 6.45) is 0.163. The fourth-order valence-corrected chi connectivity index (χ4v) is 4.46. The molecule has 2 heterocycles. The number of ether oxygens (including phenoxy) is 1. The summed E-state index contributed by atoms with van der Waals surface area (Å²) in [6.45, 7) is 5.56. The van der Waals surface area contributed by atoms with Crippen LogP contribution in [0, 0.1) is 6.92 Å². The Hall–Kier alpha value is -3.16. The molecule has 1 fully saturated rings. The Labute approximate surface area is 192 Å². The molecule has 32 heavy (non-hydrogen) atoms. The summed E-state index contributed by atoms with van der Waals surface area (Å²) in [6, 6.07) is 17.3. The first-order chi connectivity index (χ1) is 15.4. The van der Waals surface area contributed by atoms with E-state index in [0.29, 0.717) is 16.2 Å². The molecule has 2 amide bonds. The van der Waals surface area contributed by atoms with E-state index in [4.69, 9.17) is 4.74 Å². The fourth-order valence-electron chi connectivity index (χ4n) is 3.51. The number of nitrogens with one attached hydrogen (secondary N) is 3. The number of aryl methyl sites for hydroxylation is 1. The maximum atomic E-state index is 13.0. The van der Waals surface area contributed by atoms with E-state index < -0.39 is 0 Å². The van der Waals surface area contributed by atoms with Crippen LogP contribution in [0.3, 0.4) is 0 Å². The molecule has 2 aromatic carbocycles. The molecule has 0 spiro atoms. The third-order valence-corrected chi connectivity index (χ3v) is 6.71. The number of hydrogen-bond acceptors (Lipinski definition) is 5. The Kier molecular flexibility index (Phi) is 6.58. The molecule has 4 rings (SSSR count). The van der Waals surface area contributed by atoms with Crippen molar-refractivity contribution < 1.29 is 14.3 Å². The lowest BCUT2D eigenvalue weighted by Gasteiger charge is -2.28. The van der Waals surface area contributed by atoms with Crippen molar-refractivity contribution in [3.8, 4) is 16.2 Å². The topological polar surface area (TPSA) is 79.5 Å². The quantitative estimate of drug-likeness (QED) is 0.511. The van der Waals surface area contributed by atoms with E-state index in [1.807, 2.05) is 62.4 Å². The van der Waals surface area contributed by atoms with E-state index in [0.717, 1.165) is 34.7 Å². The summed E-state index contributed by atoms with van der Waals surface area (Å²) in [5, 5.41) is 8.93. The second kappa shape index (κ2) is 9.54. The van der Waals surface area contributed by atoms with Crippen molar-refractivity contribution in [2.45, 2.75) is 26.0 Å². The van der Waals surface area contributed by atoms with Gasteiger partial charge in [0.1, 0.15) is 11.9 Å². The predicted octanol–water partition coefficient (Wildman–Crippen LogP) is 3.92. The number of hydrogen-bond donors (Lipinski definition) is 3. The summed E-state index contributed by atoms with van der Waals surface area (Å²) >= 11 is 1.45. The Morgan fingerprint density at radius 1 is 1.09 bits per heavy atom. The van der Waals surface area contributed by atoms with E-state index in [9.17, 15) is 9.59 Å². The summed E-state index contributed by atoms with van der Waals surface area (Å²) in [5.41, 5.74) is 3.54. The molecule has 1 aliphatic rings. The summed E-state index contributed by atoms with van der Waals surface area (Å²) in [7, 11) is 1.63. The lowest BCUT2D eigenvalue weighted by molar-refractivity contribution is 0.0935. The van der Waals surface area contributed by atoms with Gasteiger partial charge in [-0.15, -0.1) is 11.3 Å². The van der Waals surface area contributed by atoms with E-state index in [2.05, 4.69) is 22.0 Å². The second-order valence-corrected chi connectivity index (χ2v) is 9.02. The highest BCUT2D eigenvalue weighted by atomic mass is 32.1. The van der Waals surface area contributed by atoms with Crippen molar-refractivity contribution in [2.75, 3.05) is 20.1 Å². The van der Waals surface area contributed by atoms with Gasteiger partial charge in [0.05, 0.1) is 10.9 Å². The van der Waals surface area contributed by atoms with Crippen molar-refractivity contribution in [1.82, 2.24) is 16.0 Å². The lowest BCUT2D eigenvalue weighted by atomic mass is 10.0. The average Bonchev–Trinajstić information content (AvgIpc) is 3.27. The molecule has 7 heteroatoms. The maximum Gasteiger partial charge on any atom is 0.261 e. The number of rotatable bonds is 7. The van der Waals surface area contributed by atoms with E-state index in [1.54, 1.807) is 7.05 Å². The van der Waals surface area contributed by atoms with E-state index in [1.165, 1.54) is 11.3 Å². The Morgan fingerprint density at radius 2 is 1.91 bits per heavy atom. The molecule has 6 nitrogen and oxygen atoms in total. The first kappa shape index (κ1) is 22.0. The first-order valence-electron chi connectivity index (χ1n) is 10.7. The molecule has 1 atom stereocenters. The molecular formula is C25H27N3O3S. The van der Waals surface area contributed by atoms with Gasteiger partial charge >= 0.3 is 0 Å². The van der Waals surface area contributed by atoms with Crippen molar-refractivity contribution in [1.29, 1.82) is 0 Å². The zero-order valence-electron chi connectivity index (χ0n) is 18.4. The van der Waals surface area contributed by atoms with Crippen LogP contribution in [0.2, 0.25) is 0 Å². The van der Waals surface area contributed by atoms with Gasteiger partial charge in [-0.2, -0.15) is 0 Å². The van der Waals surface area contributed by atoms with Gasteiger partial charge in [0, 0.05) is 30.6 Å². The molecule has 1 unspecified atom stereocenters. The van der Waals surface area contributed by atoms with Crippen LogP contribution in [-0.2, 0) is 0 Å². The van der Waals surface area contributed by atoms with Gasteiger partial charge in [-0.05, 0) is 60.9 Å². The normalized spacial score (nSPS) is 14.3. The van der Waals surface area contributed by atoms with Gasteiger partial charge in [0.2, 0.25) is 0 Å². The third-order valence-electron chi connectivity index (χ3n) is 5.58. The molecule has 3 aromatic rings. The first-order valence-corrected chi connectivity index (χ1v) is 11.5. The number of amides is 2. The summed E-state index contributed by atoms with van der Waals surface area (Å²) in [5.74, 6) is 0.496. The molecule has 1 aliphatic heterocycles. The molecule has 1 aromatic heterocycles. The number of benzene rings is 2. The fraction of sp³-hybridized carbons (Fsp3) is 0.280. The maximum absolute atomic E-state index is 13.0. The van der Waals surface area contributed by atoms with Crippen LogP contribution in [-0.4, -0.2) is 38.1 Å². The van der Waals surface area contributed by atoms with Gasteiger partial charge in [0.25, 0.3) is 11.8 Å². The minimum Gasteiger partial charge on any atom is -0.488 e. The molecule has 1 saturated heterocycles. The average molecular weight is 450 g/mol. The molecule has 0 aliphatic carbocycles. The van der Waals surface area contributed by atoms with Crippen LogP contribution in [0.1, 0.15) is 44.1 Å². The smallest absolute Gasteiger partial charge is 0.261 e. The monoisotopic (exact) mass is 449 g/mol. The Morgan fingerprint density at radius 3 is 2.62 bits per heavy atom. The highest BCUT2D eigenvalue weighted by Gasteiger charge is 2.20. The van der Waals surface area contributed by atoms with Crippen molar-refractivity contribution in [3.05, 3.63) is 76.2 Å². The minimum absolute atomic E-state index is 0.0896. The van der Waals surface area contributed by atoms with E-state index in [-0.39, 0.29) is 24.0 Å². The minimum atomic E-state index is -0.180. The Balaban J connectivity index is 1.48. The highest BCUT2D eigenvalue weighted by molar-refractivity contribution is 7.17. The van der Waals surface area contributed by atoms with Crippen molar-refractivity contribution in [3.63, 3.8) is 0 Å². The van der Waals surface area contributed by atoms with Crippen LogP contribution in [0.25, 0.3) is 10.4 Å². The van der Waals surface area contributed by atoms with Gasteiger partial charge in [-0.25, -0.2) is 0 Å². The highest BCUT2D eigenvalue weighted by Crippen LogP contribution is 2.30. The van der Waals surface area contributed by atoms with Gasteiger partial charge in [-0.1, -0.05) is 24.3 Å². The number of carbonyl (C=O) groups excluding carboxylic acids is 2. The van der Waals surface area contributed by atoms with Crippen LogP contribution < -0.4 is 20.7 Å². The van der Waals surface area contributed by atoms with Gasteiger partial charge in [-0.3, -0.25) is 9.59 Å². The van der Waals surface area contributed by atoms with Crippen LogP contribution in [0.4, 0.5) is 0 Å². The third kappa shape index (κ3) is 4.84. The standard InChI is InChI=1S/C25H27N3O3S/c1-15-7-8-19(31-20-13-27-14-20)12-21(15)24(29)28-16(2)17-5-4-6-18(11-17)22-9-10-23(32-22)25(30)26-3/h4-12,16,20,27H,13-14H2,1-3H3,(H,26,30)(H,28,29). The predicted molar refractivity (Wildman–Crippen MR) is 127 cm³/mol. The summed E-state index contributed by atoms with van der Waals surface area (Å²) in [4.78, 5) is 26.6. The van der Waals surface area contributed by atoms with Crippen molar-refractivity contribution >= 4 is 23.2 Å². The SMILES string of the molecule is CNC(=O)c1ccc(-c2cccc(C(C)NC(=O)c3cc(OC4CNC4)ccc3C)c2)s1. The second-order valence-electron chi connectivity index (χ2n) is 7.94. The molecule has 0 bridgehead atoms. The Bertz CT molecular complexity index is 1140. The molecule has 0 saturated carbocycles. The zero-order chi connectivity index (χ0) is 22.7. The largest absolute Gasteiger partial charge is 0.488 e. The lowest BCUT2D eigenvalue weighted by Crippen LogP contribution is -2.50. The van der Waals surface area contributed by atoms with Crippen LogP contribution in [0.5, 0.6) is 5.75 Å². The number of carbonyl (C=O) groups is 2. The van der Waals surface area contributed by atoms with Crippen LogP contribution in [0.15, 0.2) is 54.6 Å². The molecular weight excluding hydrogens is 422 g/mol.